The van der Waals surface area contributed by atoms with Gasteiger partial charge in [0.15, 0.2) is 0 Å². The third kappa shape index (κ3) is 2.62. The SMILES string of the molecule is N#Cc1cc(C=O)ccc1Oc1ccccc1[N+](=O)[O-]. The third-order valence-corrected chi connectivity index (χ3v) is 2.54. The van der Waals surface area contributed by atoms with Crippen LogP contribution in [0.15, 0.2) is 42.5 Å². The van der Waals surface area contributed by atoms with Crippen LogP contribution in [-0.2, 0) is 0 Å². The van der Waals surface area contributed by atoms with Gasteiger partial charge in [-0.3, -0.25) is 14.9 Å². The van der Waals surface area contributed by atoms with Crippen LogP contribution in [0.5, 0.6) is 11.5 Å². The number of nitrogens with zero attached hydrogens (tertiary/aromatic N) is 2. The van der Waals surface area contributed by atoms with Gasteiger partial charge in [-0.05, 0) is 24.3 Å². The van der Waals surface area contributed by atoms with Gasteiger partial charge in [-0.25, -0.2) is 0 Å². The van der Waals surface area contributed by atoms with Crippen molar-refractivity contribution in [3.8, 4) is 17.6 Å². The van der Waals surface area contributed by atoms with E-state index < -0.39 is 4.92 Å². The van der Waals surface area contributed by atoms with Crippen molar-refractivity contribution in [2.45, 2.75) is 0 Å². The van der Waals surface area contributed by atoms with Crippen molar-refractivity contribution >= 4 is 12.0 Å². The second-order valence-corrected chi connectivity index (χ2v) is 3.81. The average Bonchev–Trinajstić information content (AvgIpc) is 2.48. The van der Waals surface area contributed by atoms with Crippen LogP contribution in [0, 0.1) is 21.4 Å². The van der Waals surface area contributed by atoms with Gasteiger partial charge in [-0.2, -0.15) is 5.26 Å². The van der Waals surface area contributed by atoms with Gasteiger partial charge < -0.3 is 4.74 Å². The summed E-state index contributed by atoms with van der Waals surface area (Å²) in [7, 11) is 0. The van der Waals surface area contributed by atoms with Gasteiger partial charge in [0.25, 0.3) is 0 Å². The molecule has 0 unspecified atom stereocenters. The number of carbonyl (C=O) groups is 1. The fraction of sp³-hybridized carbons (Fsp3) is 0. The minimum Gasteiger partial charge on any atom is -0.449 e. The number of nitro benzene ring substituents is 1. The molecule has 0 radical (unpaired) electrons. The van der Waals surface area contributed by atoms with E-state index >= 15 is 0 Å². The first-order valence-corrected chi connectivity index (χ1v) is 5.56. The standard InChI is InChI=1S/C14H8N2O4/c15-8-11-7-10(9-17)5-6-13(11)20-14-4-2-1-3-12(14)16(18)19/h1-7,9H. The summed E-state index contributed by atoms with van der Waals surface area (Å²) in [6.07, 6.45) is 0.607. The fourth-order valence-corrected chi connectivity index (χ4v) is 1.61. The van der Waals surface area contributed by atoms with Crippen LogP contribution in [0.2, 0.25) is 0 Å². The first-order valence-electron chi connectivity index (χ1n) is 5.56. The Bertz CT molecular complexity index is 719. The van der Waals surface area contributed by atoms with Crippen molar-refractivity contribution in [1.82, 2.24) is 0 Å². The zero-order valence-electron chi connectivity index (χ0n) is 10.1. The molecule has 98 valence electrons. The largest absolute Gasteiger partial charge is 0.449 e. The highest BCUT2D eigenvalue weighted by Gasteiger charge is 2.16. The highest BCUT2D eigenvalue weighted by Crippen LogP contribution is 2.32. The number of benzene rings is 2. The van der Waals surface area contributed by atoms with Gasteiger partial charge in [0.1, 0.15) is 18.1 Å². The molecule has 0 aliphatic rings. The number of nitro groups is 1. The molecule has 2 aromatic carbocycles. The number of hydrogen-bond acceptors (Lipinski definition) is 5. The van der Waals surface area contributed by atoms with Crippen LogP contribution in [0.25, 0.3) is 0 Å². The van der Waals surface area contributed by atoms with Gasteiger partial charge in [0.05, 0.1) is 10.5 Å². The number of hydrogen-bond donors (Lipinski definition) is 0. The molecule has 0 amide bonds. The number of aldehydes is 1. The molecule has 2 aromatic rings. The maximum atomic E-state index is 10.9. The molecule has 0 aliphatic carbocycles. The van der Waals surface area contributed by atoms with Gasteiger partial charge >= 0.3 is 5.69 Å². The number of para-hydroxylation sites is 2. The second kappa shape index (κ2) is 5.63. The molecule has 0 fully saturated rings. The lowest BCUT2D eigenvalue weighted by Crippen LogP contribution is -1.95. The van der Waals surface area contributed by atoms with Gasteiger partial charge in [0, 0.05) is 11.6 Å². The Labute approximate surface area is 114 Å². The molecule has 0 saturated carbocycles. The lowest BCUT2D eigenvalue weighted by molar-refractivity contribution is -0.385. The van der Waals surface area contributed by atoms with Gasteiger partial charge in [-0.15, -0.1) is 0 Å². The topological polar surface area (TPSA) is 93.2 Å². The molecule has 6 nitrogen and oxygen atoms in total. The molecule has 0 aromatic heterocycles. The van der Waals surface area contributed by atoms with Crippen molar-refractivity contribution in [3.63, 3.8) is 0 Å². The Hall–Kier alpha value is -3.20. The van der Waals surface area contributed by atoms with Gasteiger partial charge in [-0.1, -0.05) is 12.1 Å². The van der Waals surface area contributed by atoms with Crippen molar-refractivity contribution in [2.75, 3.05) is 0 Å². The molecule has 0 heterocycles. The van der Waals surface area contributed by atoms with E-state index in [0.717, 1.165) is 0 Å². The lowest BCUT2D eigenvalue weighted by atomic mass is 10.1. The first kappa shape index (κ1) is 13.2. The first-order chi connectivity index (χ1) is 9.65. The molecule has 0 spiro atoms. The monoisotopic (exact) mass is 268 g/mol. The summed E-state index contributed by atoms with van der Waals surface area (Å²) < 4.78 is 5.41. The van der Waals surface area contributed by atoms with Crippen molar-refractivity contribution in [3.05, 3.63) is 63.7 Å². The summed E-state index contributed by atoms with van der Waals surface area (Å²) >= 11 is 0. The highest BCUT2D eigenvalue weighted by molar-refractivity contribution is 5.76. The normalized spacial score (nSPS) is 9.55. The van der Waals surface area contributed by atoms with Crippen LogP contribution in [0.3, 0.4) is 0 Å². The minimum atomic E-state index is -0.568. The smallest absolute Gasteiger partial charge is 0.311 e. The maximum Gasteiger partial charge on any atom is 0.311 e. The van der Waals surface area contributed by atoms with Crippen LogP contribution < -0.4 is 4.74 Å². The Morgan fingerprint density at radius 2 is 1.95 bits per heavy atom. The predicted octanol–water partition coefficient (Wildman–Crippen LogP) is 3.07. The number of ether oxygens (including phenoxy) is 1. The summed E-state index contributed by atoms with van der Waals surface area (Å²) in [5.41, 5.74) is 0.264. The van der Waals surface area contributed by atoms with E-state index in [0.29, 0.717) is 11.8 Å². The lowest BCUT2D eigenvalue weighted by Gasteiger charge is -2.07. The Morgan fingerprint density at radius 3 is 2.60 bits per heavy atom. The Balaban J connectivity index is 2.43. The highest BCUT2D eigenvalue weighted by atomic mass is 16.6. The molecule has 0 N–H and O–H groups in total. The predicted molar refractivity (Wildman–Crippen MR) is 69.7 cm³/mol. The Kier molecular flexibility index (Phi) is 3.72. The zero-order chi connectivity index (χ0) is 14.5. The summed E-state index contributed by atoms with van der Waals surface area (Å²) in [5, 5.41) is 19.9. The molecular formula is C14H8N2O4. The van der Waals surface area contributed by atoms with E-state index in [1.54, 1.807) is 6.07 Å². The van der Waals surface area contributed by atoms with E-state index in [2.05, 4.69) is 0 Å². The molecule has 2 rings (SSSR count). The van der Waals surface area contributed by atoms with Crippen molar-refractivity contribution in [1.29, 1.82) is 5.26 Å². The molecule has 0 saturated heterocycles. The number of rotatable bonds is 4. The van der Waals surface area contributed by atoms with Crippen LogP contribution in [0.1, 0.15) is 15.9 Å². The molecule has 0 bridgehead atoms. The summed E-state index contributed by atoms with van der Waals surface area (Å²) in [6, 6.07) is 12.0. The van der Waals surface area contributed by atoms with E-state index in [4.69, 9.17) is 10.00 Å². The van der Waals surface area contributed by atoms with Crippen molar-refractivity contribution < 1.29 is 14.5 Å². The van der Waals surface area contributed by atoms with Crippen LogP contribution >= 0.6 is 0 Å². The van der Waals surface area contributed by atoms with E-state index in [1.165, 1.54) is 36.4 Å². The maximum absolute atomic E-state index is 10.9. The average molecular weight is 268 g/mol. The fourth-order valence-electron chi connectivity index (χ4n) is 1.61. The van der Waals surface area contributed by atoms with E-state index in [9.17, 15) is 14.9 Å². The second-order valence-electron chi connectivity index (χ2n) is 3.81. The molecule has 20 heavy (non-hydrogen) atoms. The summed E-state index contributed by atoms with van der Waals surface area (Å²) in [4.78, 5) is 21.0. The summed E-state index contributed by atoms with van der Waals surface area (Å²) in [6.45, 7) is 0. The van der Waals surface area contributed by atoms with Crippen LogP contribution in [-0.4, -0.2) is 11.2 Å². The number of nitriles is 1. The third-order valence-electron chi connectivity index (χ3n) is 2.54. The molecule has 0 aliphatic heterocycles. The minimum absolute atomic E-state index is 0.0350. The van der Waals surface area contributed by atoms with Crippen molar-refractivity contribution in [2.24, 2.45) is 0 Å². The molecule has 6 heteroatoms. The van der Waals surface area contributed by atoms with Crippen LogP contribution in [0.4, 0.5) is 5.69 Å². The summed E-state index contributed by atoms with van der Waals surface area (Å²) in [5.74, 6) is 0.195. The quantitative estimate of drug-likeness (QED) is 0.482. The van der Waals surface area contributed by atoms with Gasteiger partial charge in [0.2, 0.25) is 5.75 Å². The van der Waals surface area contributed by atoms with E-state index in [1.807, 2.05) is 6.07 Å². The Morgan fingerprint density at radius 1 is 1.20 bits per heavy atom. The molecular weight excluding hydrogens is 260 g/mol. The molecule has 0 atom stereocenters. The number of carbonyl (C=O) groups excluding carboxylic acids is 1. The van der Waals surface area contributed by atoms with E-state index in [-0.39, 0.29) is 22.7 Å². The zero-order valence-corrected chi connectivity index (χ0v) is 10.1.